The third-order valence-electron chi connectivity index (χ3n) is 1.68. The van der Waals surface area contributed by atoms with Crippen LogP contribution in [0.15, 0.2) is 0 Å². The molecule has 1 aliphatic rings. The topological polar surface area (TPSA) is 40.5 Å². The van der Waals surface area contributed by atoms with Gasteiger partial charge in [-0.15, -0.1) is 0 Å². The summed E-state index contributed by atoms with van der Waals surface area (Å²) in [5.41, 5.74) is 0. The van der Waals surface area contributed by atoms with Gasteiger partial charge in [0.1, 0.15) is 0 Å². The minimum atomic E-state index is -3.44. The highest BCUT2D eigenvalue weighted by Gasteiger charge is 2.25. The molecule has 5 heteroatoms. The van der Waals surface area contributed by atoms with E-state index in [4.69, 9.17) is 16.1 Å². The van der Waals surface area contributed by atoms with E-state index in [1.807, 2.05) is 0 Å². The van der Waals surface area contributed by atoms with Gasteiger partial charge in [-0.25, -0.2) is 4.67 Å². The minimum absolute atomic E-state index is 0.664. The van der Waals surface area contributed by atoms with Crippen molar-refractivity contribution in [2.24, 2.45) is 0 Å². The fourth-order valence-electron chi connectivity index (χ4n) is 1.12. The van der Waals surface area contributed by atoms with E-state index in [1.54, 1.807) is 0 Å². The van der Waals surface area contributed by atoms with E-state index in [9.17, 15) is 4.57 Å². The zero-order chi connectivity index (χ0) is 7.61. The molecule has 0 aliphatic carbocycles. The summed E-state index contributed by atoms with van der Waals surface area (Å²) in [4.78, 5) is 8.89. The Balaban J connectivity index is 2.47. The minimum Gasteiger partial charge on any atom is -0.322 e. The normalized spacial score (nSPS) is 27.8. The van der Waals surface area contributed by atoms with Crippen molar-refractivity contribution >= 4 is 18.1 Å². The predicted molar refractivity (Wildman–Crippen MR) is 41.1 cm³/mol. The van der Waals surface area contributed by atoms with Gasteiger partial charge in [0.2, 0.25) is 0 Å². The van der Waals surface area contributed by atoms with Gasteiger partial charge in [-0.2, -0.15) is 0 Å². The lowest BCUT2D eigenvalue weighted by atomic mass is 10.2. The molecule has 1 N–H and O–H groups in total. The highest BCUT2D eigenvalue weighted by atomic mass is 35.7. The number of piperidine rings is 1. The summed E-state index contributed by atoms with van der Waals surface area (Å²) in [5, 5.41) is 0. The Bertz CT molecular complexity index is 152. The van der Waals surface area contributed by atoms with E-state index in [2.05, 4.69) is 0 Å². The quantitative estimate of drug-likeness (QED) is 0.631. The summed E-state index contributed by atoms with van der Waals surface area (Å²) in [7, 11) is 0. The Kier molecular flexibility index (Phi) is 2.75. The van der Waals surface area contributed by atoms with Gasteiger partial charge in [0.05, 0.1) is 0 Å². The Hall–Kier alpha value is 0.440. The fourth-order valence-corrected chi connectivity index (χ4v) is 2.35. The third kappa shape index (κ3) is 2.24. The number of nitrogens with zero attached hydrogens (tertiary/aromatic N) is 1. The second-order valence-corrected chi connectivity index (χ2v) is 5.32. The van der Waals surface area contributed by atoms with E-state index >= 15 is 0 Å². The number of rotatable bonds is 1. The molecule has 0 aromatic carbocycles. The molecular weight excluding hydrogens is 172 g/mol. The molecule has 0 aromatic rings. The Morgan fingerprint density at radius 2 is 1.80 bits per heavy atom. The number of hydrogen-bond donors (Lipinski definition) is 1. The molecule has 1 saturated heterocycles. The monoisotopic (exact) mass is 183 g/mol. The molecule has 1 unspecified atom stereocenters. The molecule has 1 rings (SSSR count). The second-order valence-electron chi connectivity index (χ2n) is 2.49. The van der Waals surface area contributed by atoms with E-state index in [0.717, 1.165) is 19.3 Å². The van der Waals surface area contributed by atoms with Gasteiger partial charge in [0.15, 0.2) is 0 Å². The fraction of sp³-hybridized carbons (Fsp3) is 1.00. The average Bonchev–Trinajstić information content (AvgIpc) is 1.88. The number of halogens is 1. The van der Waals surface area contributed by atoms with Crippen LogP contribution in [0, 0.1) is 0 Å². The lowest BCUT2D eigenvalue weighted by Crippen LogP contribution is -2.24. The van der Waals surface area contributed by atoms with Crippen molar-refractivity contribution in [1.82, 2.24) is 4.67 Å². The van der Waals surface area contributed by atoms with Crippen molar-refractivity contribution in [3.8, 4) is 0 Å². The van der Waals surface area contributed by atoms with Gasteiger partial charge >= 0.3 is 6.87 Å². The summed E-state index contributed by atoms with van der Waals surface area (Å²) in [6.07, 6.45) is 3.11. The maximum Gasteiger partial charge on any atom is 0.360 e. The maximum atomic E-state index is 10.8. The molecule has 0 spiro atoms. The van der Waals surface area contributed by atoms with Crippen LogP contribution < -0.4 is 0 Å². The molecule has 0 saturated carbocycles. The Morgan fingerprint density at radius 3 is 2.10 bits per heavy atom. The van der Waals surface area contributed by atoms with E-state index in [1.165, 1.54) is 4.67 Å². The predicted octanol–water partition coefficient (Wildman–Crippen LogP) is 1.81. The Morgan fingerprint density at radius 1 is 1.30 bits per heavy atom. The van der Waals surface area contributed by atoms with Crippen molar-refractivity contribution in [3.05, 3.63) is 0 Å². The average molecular weight is 184 g/mol. The molecule has 1 heterocycles. The van der Waals surface area contributed by atoms with Crippen molar-refractivity contribution in [3.63, 3.8) is 0 Å². The first-order valence-corrected chi connectivity index (χ1v) is 5.90. The molecule has 3 nitrogen and oxygen atoms in total. The molecular formula is C5H11ClNO2P. The summed E-state index contributed by atoms with van der Waals surface area (Å²) >= 11 is 5.25. The van der Waals surface area contributed by atoms with E-state index < -0.39 is 6.87 Å². The van der Waals surface area contributed by atoms with Crippen LogP contribution in [0.5, 0.6) is 0 Å². The highest BCUT2D eigenvalue weighted by Crippen LogP contribution is 2.51. The van der Waals surface area contributed by atoms with Crippen LogP contribution in [0.2, 0.25) is 0 Å². The summed E-state index contributed by atoms with van der Waals surface area (Å²) < 4.78 is 12.3. The van der Waals surface area contributed by atoms with Gasteiger partial charge in [-0.3, -0.25) is 4.57 Å². The van der Waals surface area contributed by atoms with Crippen LogP contribution in [0.1, 0.15) is 19.3 Å². The van der Waals surface area contributed by atoms with Crippen LogP contribution in [0.3, 0.4) is 0 Å². The van der Waals surface area contributed by atoms with Crippen molar-refractivity contribution in [1.29, 1.82) is 0 Å². The second kappa shape index (κ2) is 3.22. The molecule has 0 bridgehead atoms. The van der Waals surface area contributed by atoms with Crippen molar-refractivity contribution in [2.45, 2.75) is 19.3 Å². The molecule has 10 heavy (non-hydrogen) atoms. The smallest absolute Gasteiger partial charge is 0.322 e. The summed E-state index contributed by atoms with van der Waals surface area (Å²) in [6.45, 7) is -2.11. The molecule has 1 aliphatic heterocycles. The maximum absolute atomic E-state index is 10.8. The zero-order valence-corrected chi connectivity index (χ0v) is 7.31. The SMILES string of the molecule is O=P(O)(Cl)N1CCCCC1. The lowest BCUT2D eigenvalue weighted by Gasteiger charge is -2.26. The van der Waals surface area contributed by atoms with Gasteiger partial charge in [0.25, 0.3) is 0 Å². The van der Waals surface area contributed by atoms with Gasteiger partial charge in [-0.1, -0.05) is 6.42 Å². The number of hydrogen-bond acceptors (Lipinski definition) is 1. The molecule has 1 atom stereocenters. The highest BCUT2D eigenvalue weighted by molar-refractivity contribution is 7.82. The lowest BCUT2D eigenvalue weighted by molar-refractivity contribution is 0.314. The van der Waals surface area contributed by atoms with Gasteiger partial charge in [0, 0.05) is 13.1 Å². The van der Waals surface area contributed by atoms with Crippen LogP contribution >= 0.6 is 18.1 Å². The molecule has 0 amide bonds. The van der Waals surface area contributed by atoms with Gasteiger partial charge in [-0.05, 0) is 24.1 Å². The molecule has 60 valence electrons. The first-order valence-electron chi connectivity index (χ1n) is 3.38. The van der Waals surface area contributed by atoms with E-state index in [0.29, 0.717) is 13.1 Å². The first kappa shape index (κ1) is 8.54. The third-order valence-corrected chi connectivity index (χ3v) is 3.42. The van der Waals surface area contributed by atoms with Crippen LogP contribution in [0.4, 0.5) is 0 Å². The molecule has 1 fully saturated rings. The van der Waals surface area contributed by atoms with Crippen LogP contribution in [-0.4, -0.2) is 22.7 Å². The first-order chi connectivity index (χ1) is 4.61. The van der Waals surface area contributed by atoms with Crippen molar-refractivity contribution < 1.29 is 9.46 Å². The largest absolute Gasteiger partial charge is 0.360 e. The van der Waals surface area contributed by atoms with Crippen molar-refractivity contribution in [2.75, 3.05) is 13.1 Å². The Labute approximate surface area is 65.3 Å². The molecule has 0 radical (unpaired) electrons. The standard InChI is InChI=1S/C5H11ClNO2P/c6-10(8,9)7-4-2-1-3-5-7/h1-5H2,(H,8,9). The van der Waals surface area contributed by atoms with E-state index in [-0.39, 0.29) is 0 Å². The molecule has 0 aromatic heterocycles. The summed E-state index contributed by atoms with van der Waals surface area (Å²) in [6, 6.07) is 0. The van der Waals surface area contributed by atoms with Crippen LogP contribution in [-0.2, 0) is 4.57 Å². The van der Waals surface area contributed by atoms with Crippen LogP contribution in [0.25, 0.3) is 0 Å². The summed E-state index contributed by atoms with van der Waals surface area (Å²) in [5.74, 6) is 0. The van der Waals surface area contributed by atoms with Gasteiger partial charge < -0.3 is 4.89 Å². The zero-order valence-electron chi connectivity index (χ0n) is 5.66.